The van der Waals surface area contributed by atoms with Crippen LogP contribution in [0.4, 0.5) is 4.79 Å². The van der Waals surface area contributed by atoms with Crippen molar-refractivity contribution in [2.45, 2.75) is 214 Å². The van der Waals surface area contributed by atoms with Gasteiger partial charge in [0.1, 0.15) is 12.7 Å². The Balaban J connectivity index is 0.944. The fraction of sp³-hybridized carbons (Fsp3) is 0.909. The third-order valence-electron chi connectivity index (χ3n) is 16.8. The molecule has 0 bridgehead atoms. The van der Waals surface area contributed by atoms with Gasteiger partial charge in [-0.3, -0.25) is 4.90 Å². The summed E-state index contributed by atoms with van der Waals surface area (Å²) in [5.74, 6) is 4.99. The van der Waals surface area contributed by atoms with E-state index in [4.69, 9.17) is 23.7 Å². The third kappa shape index (κ3) is 16.2. The van der Waals surface area contributed by atoms with Gasteiger partial charge in [0.05, 0.1) is 32.5 Å². The predicted molar refractivity (Wildman–Crippen MR) is 257 cm³/mol. The number of ether oxygens (including phenoxy) is 5. The van der Waals surface area contributed by atoms with Crippen LogP contribution < -0.4 is 0 Å². The zero-order valence-corrected chi connectivity index (χ0v) is 41.3. The summed E-state index contributed by atoms with van der Waals surface area (Å²) in [5, 5.41) is 0. The highest BCUT2D eigenvalue weighted by atomic mass is 16.7. The number of carbonyl (C=O) groups is 1. The van der Waals surface area contributed by atoms with Crippen molar-refractivity contribution in [2.75, 3.05) is 59.3 Å². The smallest absolute Gasteiger partial charge is 0.432 e. The number of morpholine rings is 1. The zero-order chi connectivity index (χ0) is 44.0. The van der Waals surface area contributed by atoms with Gasteiger partial charge in [-0.1, -0.05) is 142 Å². The Kier molecular flexibility index (Phi) is 23.2. The maximum Gasteiger partial charge on any atom is 0.508 e. The molecule has 7 nitrogen and oxygen atoms in total. The number of hydrogen-bond donors (Lipinski definition) is 0. The molecule has 0 aromatic heterocycles. The van der Waals surface area contributed by atoms with Crippen LogP contribution in [0.3, 0.4) is 0 Å². The highest BCUT2D eigenvalue weighted by molar-refractivity contribution is 5.60. The summed E-state index contributed by atoms with van der Waals surface area (Å²) in [4.78, 5) is 15.4. The molecule has 7 heteroatoms. The van der Waals surface area contributed by atoms with Gasteiger partial charge < -0.3 is 23.7 Å². The maximum absolute atomic E-state index is 13.0. The van der Waals surface area contributed by atoms with Gasteiger partial charge in [0, 0.05) is 32.7 Å². The lowest BCUT2D eigenvalue weighted by molar-refractivity contribution is -0.0696. The maximum atomic E-state index is 13.0. The molecule has 0 aromatic rings. The van der Waals surface area contributed by atoms with Crippen LogP contribution in [0.5, 0.6) is 0 Å². The summed E-state index contributed by atoms with van der Waals surface area (Å²) in [5.41, 5.74) is 2.30. The minimum absolute atomic E-state index is 0.0641. The first-order valence-corrected chi connectivity index (χ1v) is 26.8. The summed E-state index contributed by atoms with van der Waals surface area (Å²) in [6, 6.07) is 0. The van der Waals surface area contributed by atoms with Crippen LogP contribution in [0.25, 0.3) is 0 Å². The van der Waals surface area contributed by atoms with Crippen molar-refractivity contribution in [3.63, 3.8) is 0 Å². The van der Waals surface area contributed by atoms with Crippen LogP contribution in [0.2, 0.25) is 0 Å². The van der Waals surface area contributed by atoms with E-state index in [1.54, 1.807) is 5.57 Å². The molecule has 1 aliphatic heterocycles. The van der Waals surface area contributed by atoms with Gasteiger partial charge in [0.15, 0.2) is 0 Å². The van der Waals surface area contributed by atoms with Crippen molar-refractivity contribution in [3.8, 4) is 0 Å². The van der Waals surface area contributed by atoms with Crippen molar-refractivity contribution < 1.29 is 28.5 Å². The van der Waals surface area contributed by atoms with E-state index in [1.807, 2.05) is 0 Å². The van der Waals surface area contributed by atoms with Crippen LogP contribution in [0.1, 0.15) is 202 Å². The number of hydrogen-bond acceptors (Lipinski definition) is 7. The Labute approximate surface area is 382 Å². The summed E-state index contributed by atoms with van der Waals surface area (Å²) in [6.07, 6.45) is 38.9. The Morgan fingerprint density at radius 1 is 0.806 bits per heavy atom. The largest absolute Gasteiger partial charge is 0.508 e. The molecule has 0 spiro atoms. The van der Waals surface area contributed by atoms with Crippen LogP contribution >= 0.6 is 0 Å². The SMILES string of the molecule is CCCCCCCCC=CCCCCCCCCOCC(CN1CCOCC1)OCCOC(=O)O[C@H]1CC[C@@]2(C)C(=CC[C@H]3[C@@H]4CC[C@@H]([C@H](C)CCCC(C)C)[C@@]4(C)CC[C@@H]32)C1. The van der Waals surface area contributed by atoms with Crippen molar-refractivity contribution in [3.05, 3.63) is 23.8 Å². The van der Waals surface area contributed by atoms with Gasteiger partial charge in [0.25, 0.3) is 0 Å². The lowest BCUT2D eigenvalue weighted by Gasteiger charge is -2.58. The van der Waals surface area contributed by atoms with E-state index in [0.29, 0.717) is 18.6 Å². The lowest BCUT2D eigenvalue weighted by atomic mass is 9.47. The van der Waals surface area contributed by atoms with Crippen molar-refractivity contribution >= 4 is 6.16 Å². The predicted octanol–water partition coefficient (Wildman–Crippen LogP) is 14.3. The van der Waals surface area contributed by atoms with Crippen LogP contribution in [-0.4, -0.2) is 82.5 Å². The minimum atomic E-state index is -0.551. The van der Waals surface area contributed by atoms with E-state index < -0.39 is 6.16 Å². The Morgan fingerprint density at radius 3 is 2.24 bits per heavy atom. The first-order chi connectivity index (χ1) is 30.1. The highest BCUT2D eigenvalue weighted by Crippen LogP contribution is 2.67. The topological polar surface area (TPSA) is 66.5 Å². The number of unbranched alkanes of at least 4 members (excludes halogenated alkanes) is 12. The molecule has 4 fully saturated rings. The molecular formula is C55H97NO6. The number of rotatable bonds is 30. The van der Waals surface area contributed by atoms with E-state index in [0.717, 1.165) is 101 Å². The third-order valence-corrected chi connectivity index (χ3v) is 16.8. The first kappa shape index (κ1) is 51.6. The average Bonchev–Trinajstić information content (AvgIpc) is 3.62. The van der Waals surface area contributed by atoms with E-state index in [1.165, 1.54) is 135 Å². The lowest BCUT2D eigenvalue weighted by Crippen LogP contribution is -2.51. The van der Waals surface area contributed by atoms with Crippen molar-refractivity contribution in [1.82, 2.24) is 4.90 Å². The minimum Gasteiger partial charge on any atom is -0.432 e. The molecule has 0 amide bonds. The monoisotopic (exact) mass is 868 g/mol. The molecule has 62 heavy (non-hydrogen) atoms. The standard InChI is InChI=1S/C55H97NO6/c1-7-8-9-10-11-12-13-14-15-16-17-18-19-20-21-22-36-59-43-48(42-56-34-37-58-38-35-56)60-39-40-61-53(57)62-47-30-32-54(5)46(41-47)26-27-49-51-29-28-50(45(4)25-23-24-44(2)3)55(51,6)33-31-52(49)54/h14-15,26,44-45,47-52H,7-13,16-25,27-43H2,1-6H3/t45-,47+,48?,49+,50+,51+,52+,54+,55-/m1/s1. The van der Waals surface area contributed by atoms with E-state index >= 15 is 0 Å². The fourth-order valence-corrected chi connectivity index (χ4v) is 13.2. The summed E-state index contributed by atoms with van der Waals surface area (Å²) >= 11 is 0. The summed E-state index contributed by atoms with van der Waals surface area (Å²) in [7, 11) is 0. The van der Waals surface area contributed by atoms with E-state index in [9.17, 15) is 4.79 Å². The van der Waals surface area contributed by atoms with Gasteiger partial charge >= 0.3 is 6.16 Å². The normalized spacial score (nSPS) is 29.9. The molecule has 5 aliphatic rings. The van der Waals surface area contributed by atoms with Crippen LogP contribution in [0, 0.1) is 46.3 Å². The molecule has 0 N–H and O–H groups in total. The molecule has 4 aliphatic carbocycles. The van der Waals surface area contributed by atoms with Crippen molar-refractivity contribution in [1.29, 1.82) is 0 Å². The second-order valence-electron chi connectivity index (χ2n) is 21.8. The summed E-state index contributed by atoms with van der Waals surface area (Å²) < 4.78 is 29.6. The molecule has 1 saturated heterocycles. The van der Waals surface area contributed by atoms with Gasteiger partial charge in [-0.2, -0.15) is 0 Å². The second kappa shape index (κ2) is 27.9. The second-order valence-corrected chi connectivity index (χ2v) is 21.8. The molecule has 358 valence electrons. The molecule has 1 heterocycles. The van der Waals surface area contributed by atoms with Crippen LogP contribution in [0.15, 0.2) is 23.8 Å². The Morgan fingerprint density at radius 2 is 1.52 bits per heavy atom. The average molecular weight is 868 g/mol. The Hall–Kier alpha value is -1.41. The highest BCUT2D eigenvalue weighted by Gasteiger charge is 2.59. The van der Waals surface area contributed by atoms with Gasteiger partial charge in [-0.25, -0.2) is 4.79 Å². The van der Waals surface area contributed by atoms with E-state index in [2.05, 4.69) is 64.7 Å². The number of allylic oxidation sites excluding steroid dienone is 3. The summed E-state index contributed by atoms with van der Waals surface area (Å²) in [6.45, 7) is 20.8. The van der Waals surface area contributed by atoms with Gasteiger partial charge in [-0.05, 0) is 123 Å². The quantitative estimate of drug-likeness (QED) is 0.0405. The molecule has 0 aromatic carbocycles. The van der Waals surface area contributed by atoms with Gasteiger partial charge in [-0.15, -0.1) is 0 Å². The fourth-order valence-electron chi connectivity index (χ4n) is 13.2. The first-order valence-electron chi connectivity index (χ1n) is 26.8. The van der Waals surface area contributed by atoms with Gasteiger partial charge in [0.2, 0.25) is 0 Å². The number of fused-ring (bicyclic) bond motifs is 5. The molecule has 1 unspecified atom stereocenters. The number of nitrogens with zero attached hydrogens (tertiary/aromatic N) is 1. The zero-order valence-electron chi connectivity index (χ0n) is 41.3. The molecule has 5 rings (SSSR count). The molecule has 9 atom stereocenters. The number of carbonyl (C=O) groups excluding carboxylic acids is 1. The molecule has 0 radical (unpaired) electrons. The van der Waals surface area contributed by atoms with Crippen LogP contribution in [-0.2, 0) is 23.7 Å². The molecular weight excluding hydrogens is 771 g/mol. The van der Waals surface area contributed by atoms with Crippen molar-refractivity contribution in [2.24, 2.45) is 46.3 Å². The Bertz CT molecular complexity index is 1290. The van der Waals surface area contributed by atoms with E-state index in [-0.39, 0.29) is 24.2 Å². The molecule has 3 saturated carbocycles.